The van der Waals surface area contributed by atoms with Crippen LogP contribution in [0.2, 0.25) is 10.0 Å². The molecule has 2 nitrogen and oxygen atoms in total. The number of para-hydroxylation sites is 1. The van der Waals surface area contributed by atoms with Crippen LogP contribution in [0.15, 0.2) is 42.5 Å². The minimum atomic E-state index is 0.416. The van der Waals surface area contributed by atoms with Crippen molar-refractivity contribution in [3.05, 3.63) is 52.5 Å². The molecule has 0 aromatic heterocycles. The Hall–Kier alpha value is -1.38. The van der Waals surface area contributed by atoms with Gasteiger partial charge in [0.05, 0.1) is 15.7 Å². The Bertz CT molecular complexity index is 500. The van der Waals surface area contributed by atoms with Crippen molar-refractivity contribution in [1.29, 1.82) is 0 Å². The first-order chi connectivity index (χ1) is 7.66. The highest BCUT2D eigenvalue weighted by atomic mass is 35.5. The number of hydrogen-bond donors (Lipinski definition) is 1. The van der Waals surface area contributed by atoms with Crippen LogP contribution in [-0.4, -0.2) is 0 Å². The molecule has 0 atom stereocenters. The summed E-state index contributed by atoms with van der Waals surface area (Å²) in [6.07, 6.45) is 0. The zero-order valence-electron chi connectivity index (χ0n) is 8.28. The van der Waals surface area contributed by atoms with Gasteiger partial charge >= 0.3 is 0 Å². The second-order valence-electron chi connectivity index (χ2n) is 3.22. The summed E-state index contributed by atoms with van der Waals surface area (Å²) in [7, 11) is 0. The Kier molecular flexibility index (Phi) is 3.22. The highest BCUT2D eigenvalue weighted by Crippen LogP contribution is 2.34. The predicted octanol–water partition coefficient (Wildman–Crippen LogP) is 4.37. The predicted molar refractivity (Wildman–Crippen MR) is 67.4 cm³/mol. The van der Waals surface area contributed by atoms with Crippen molar-refractivity contribution in [1.82, 2.24) is 0 Å². The van der Waals surface area contributed by atoms with Crippen LogP contribution in [0.25, 0.3) is 0 Å². The van der Waals surface area contributed by atoms with E-state index in [0.29, 0.717) is 27.2 Å². The molecule has 82 valence electrons. The second kappa shape index (κ2) is 4.64. The van der Waals surface area contributed by atoms with E-state index >= 15 is 0 Å². The van der Waals surface area contributed by atoms with Crippen LogP contribution < -0.4 is 10.5 Å². The van der Waals surface area contributed by atoms with Crippen molar-refractivity contribution in [2.24, 2.45) is 0 Å². The maximum Gasteiger partial charge on any atom is 0.151 e. The van der Waals surface area contributed by atoms with E-state index in [9.17, 15) is 0 Å². The second-order valence-corrected chi connectivity index (χ2v) is 4.03. The van der Waals surface area contributed by atoms with Crippen LogP contribution in [0.1, 0.15) is 0 Å². The van der Waals surface area contributed by atoms with Crippen molar-refractivity contribution in [3.63, 3.8) is 0 Å². The SMILES string of the molecule is Nc1cc(Cl)c(Cl)cc1Oc1ccccc1. The van der Waals surface area contributed by atoms with Crippen LogP contribution in [0.4, 0.5) is 5.69 Å². The van der Waals surface area contributed by atoms with Crippen LogP contribution >= 0.6 is 23.2 Å². The molecule has 0 bridgehead atoms. The summed E-state index contributed by atoms with van der Waals surface area (Å²) in [4.78, 5) is 0. The van der Waals surface area contributed by atoms with Gasteiger partial charge in [-0.3, -0.25) is 0 Å². The van der Waals surface area contributed by atoms with Crippen molar-refractivity contribution < 1.29 is 4.74 Å². The fourth-order valence-corrected chi connectivity index (χ4v) is 1.57. The third-order valence-corrected chi connectivity index (χ3v) is 2.75. The van der Waals surface area contributed by atoms with Gasteiger partial charge < -0.3 is 10.5 Å². The smallest absolute Gasteiger partial charge is 0.151 e. The number of rotatable bonds is 2. The number of benzene rings is 2. The molecule has 2 aromatic carbocycles. The average Bonchev–Trinajstić information content (AvgIpc) is 2.27. The van der Waals surface area contributed by atoms with Crippen LogP contribution in [0, 0.1) is 0 Å². The monoisotopic (exact) mass is 253 g/mol. The summed E-state index contributed by atoms with van der Waals surface area (Å²) in [6.45, 7) is 0. The number of anilines is 1. The quantitative estimate of drug-likeness (QED) is 0.807. The van der Waals surface area contributed by atoms with Gasteiger partial charge in [0.1, 0.15) is 5.75 Å². The largest absolute Gasteiger partial charge is 0.455 e. The highest BCUT2D eigenvalue weighted by Gasteiger charge is 2.06. The first kappa shape index (κ1) is 11.1. The fourth-order valence-electron chi connectivity index (χ4n) is 1.25. The molecular formula is C12H9Cl2NO. The summed E-state index contributed by atoms with van der Waals surface area (Å²) in [5.41, 5.74) is 6.23. The molecule has 2 aromatic rings. The molecule has 0 aliphatic rings. The van der Waals surface area contributed by atoms with Gasteiger partial charge in [-0.1, -0.05) is 41.4 Å². The maximum atomic E-state index is 5.88. The molecule has 0 aliphatic heterocycles. The third kappa shape index (κ3) is 2.40. The first-order valence-corrected chi connectivity index (χ1v) is 5.40. The van der Waals surface area contributed by atoms with Crippen molar-refractivity contribution in [2.75, 3.05) is 5.73 Å². The lowest BCUT2D eigenvalue weighted by atomic mass is 10.3. The molecule has 0 radical (unpaired) electrons. The molecule has 0 fully saturated rings. The van der Waals surface area contributed by atoms with Gasteiger partial charge in [-0.25, -0.2) is 0 Å². The molecular weight excluding hydrogens is 245 g/mol. The van der Waals surface area contributed by atoms with E-state index < -0.39 is 0 Å². The van der Waals surface area contributed by atoms with Crippen LogP contribution in [0.3, 0.4) is 0 Å². The summed E-state index contributed by atoms with van der Waals surface area (Å²) < 4.78 is 5.58. The lowest BCUT2D eigenvalue weighted by molar-refractivity contribution is 0.485. The lowest BCUT2D eigenvalue weighted by Gasteiger charge is -2.09. The molecule has 0 spiro atoms. The maximum absolute atomic E-state index is 5.88. The summed E-state index contributed by atoms with van der Waals surface area (Å²) in [5, 5.41) is 0.835. The average molecular weight is 254 g/mol. The van der Waals surface area contributed by atoms with Gasteiger partial charge in [0.2, 0.25) is 0 Å². The number of nitrogen functional groups attached to an aromatic ring is 1. The topological polar surface area (TPSA) is 35.2 Å². The van der Waals surface area contributed by atoms with E-state index in [1.807, 2.05) is 30.3 Å². The molecule has 0 amide bonds. The van der Waals surface area contributed by atoms with Crippen molar-refractivity contribution in [3.8, 4) is 11.5 Å². The van der Waals surface area contributed by atoms with Gasteiger partial charge in [-0.05, 0) is 18.2 Å². The van der Waals surface area contributed by atoms with Crippen molar-refractivity contribution >= 4 is 28.9 Å². The normalized spacial score (nSPS) is 10.1. The van der Waals surface area contributed by atoms with Gasteiger partial charge in [-0.2, -0.15) is 0 Å². The number of halogens is 2. The van der Waals surface area contributed by atoms with Crippen LogP contribution in [0.5, 0.6) is 11.5 Å². The fraction of sp³-hybridized carbons (Fsp3) is 0. The van der Waals surface area contributed by atoms with E-state index in [0.717, 1.165) is 0 Å². The van der Waals surface area contributed by atoms with E-state index in [2.05, 4.69) is 0 Å². The molecule has 0 saturated heterocycles. The van der Waals surface area contributed by atoms with Gasteiger partial charge in [0.15, 0.2) is 5.75 Å². The molecule has 16 heavy (non-hydrogen) atoms. The zero-order chi connectivity index (χ0) is 11.5. The van der Waals surface area contributed by atoms with Gasteiger partial charge in [0.25, 0.3) is 0 Å². The van der Waals surface area contributed by atoms with Gasteiger partial charge in [0, 0.05) is 6.07 Å². The number of nitrogens with two attached hydrogens (primary N) is 1. The minimum Gasteiger partial charge on any atom is -0.455 e. The molecule has 0 unspecified atom stereocenters. The molecule has 0 aliphatic carbocycles. The standard InChI is InChI=1S/C12H9Cl2NO/c13-9-6-11(15)12(7-10(9)14)16-8-4-2-1-3-5-8/h1-7H,15H2. The van der Waals surface area contributed by atoms with E-state index in [1.54, 1.807) is 12.1 Å². The molecule has 0 saturated carbocycles. The summed E-state index contributed by atoms with van der Waals surface area (Å²) >= 11 is 11.7. The lowest BCUT2D eigenvalue weighted by Crippen LogP contribution is -1.92. The number of ether oxygens (including phenoxy) is 1. The summed E-state index contributed by atoms with van der Waals surface area (Å²) in [5.74, 6) is 1.20. The molecule has 0 heterocycles. The first-order valence-electron chi connectivity index (χ1n) is 4.64. The zero-order valence-corrected chi connectivity index (χ0v) is 9.79. The number of hydrogen-bond acceptors (Lipinski definition) is 2. The van der Waals surface area contributed by atoms with Crippen molar-refractivity contribution in [2.45, 2.75) is 0 Å². The van der Waals surface area contributed by atoms with E-state index in [-0.39, 0.29) is 0 Å². The Morgan fingerprint density at radius 3 is 2.25 bits per heavy atom. The van der Waals surface area contributed by atoms with Gasteiger partial charge in [-0.15, -0.1) is 0 Å². The third-order valence-electron chi connectivity index (χ3n) is 2.02. The van der Waals surface area contributed by atoms with Crippen LogP contribution in [-0.2, 0) is 0 Å². The molecule has 4 heteroatoms. The summed E-state index contributed by atoms with van der Waals surface area (Å²) in [6, 6.07) is 12.5. The highest BCUT2D eigenvalue weighted by molar-refractivity contribution is 6.42. The Labute approximate surface area is 104 Å². The van der Waals surface area contributed by atoms with E-state index in [4.69, 9.17) is 33.7 Å². The Balaban J connectivity index is 2.32. The van der Waals surface area contributed by atoms with E-state index in [1.165, 1.54) is 0 Å². The Morgan fingerprint density at radius 1 is 0.938 bits per heavy atom. The minimum absolute atomic E-state index is 0.416. The Morgan fingerprint density at radius 2 is 1.56 bits per heavy atom. The molecule has 2 rings (SSSR count). The molecule has 2 N–H and O–H groups in total.